The number of nitrogens with two attached hydrogens (primary N) is 1. The van der Waals surface area contributed by atoms with Gasteiger partial charge in [0.15, 0.2) is 5.75 Å². The van der Waals surface area contributed by atoms with E-state index in [1.165, 1.54) is 0 Å². The number of benzene rings is 1. The molecule has 0 aliphatic heterocycles. The Balaban J connectivity index is 3.20. The lowest BCUT2D eigenvalue weighted by atomic mass is 10.2. The zero-order valence-electron chi connectivity index (χ0n) is 8.05. The maximum Gasteiger partial charge on any atom is 0.165 e. The van der Waals surface area contributed by atoms with Crippen LogP contribution in [0.5, 0.6) is 11.5 Å². The Morgan fingerprint density at radius 3 is 2.38 bits per heavy atom. The first kappa shape index (κ1) is 9.51. The van der Waals surface area contributed by atoms with Crippen LogP contribution >= 0.6 is 0 Å². The highest BCUT2D eigenvalue weighted by Gasteiger charge is 2.07. The van der Waals surface area contributed by atoms with Gasteiger partial charge in [0.25, 0.3) is 0 Å². The van der Waals surface area contributed by atoms with Crippen molar-refractivity contribution in [2.75, 3.05) is 32.3 Å². The summed E-state index contributed by atoms with van der Waals surface area (Å²) in [7, 11) is 4.98. The molecule has 0 spiro atoms. The zero-order chi connectivity index (χ0) is 9.84. The van der Waals surface area contributed by atoms with Crippen LogP contribution in [0.3, 0.4) is 0 Å². The van der Waals surface area contributed by atoms with Crippen molar-refractivity contribution < 1.29 is 9.47 Å². The molecule has 0 amide bonds. The van der Waals surface area contributed by atoms with Crippen LogP contribution < -0.4 is 20.5 Å². The number of methoxy groups -OCH3 is 2. The molecule has 3 N–H and O–H groups in total. The smallest absolute Gasteiger partial charge is 0.165 e. The number of hydrogen-bond acceptors (Lipinski definition) is 4. The molecule has 0 saturated carbocycles. The van der Waals surface area contributed by atoms with Gasteiger partial charge >= 0.3 is 0 Å². The normalized spacial score (nSPS) is 9.46. The van der Waals surface area contributed by atoms with Crippen molar-refractivity contribution in [1.29, 1.82) is 0 Å². The van der Waals surface area contributed by atoms with Crippen molar-refractivity contribution in [2.24, 2.45) is 0 Å². The third kappa shape index (κ3) is 1.77. The van der Waals surface area contributed by atoms with E-state index < -0.39 is 0 Å². The molecule has 0 fully saturated rings. The van der Waals surface area contributed by atoms with Gasteiger partial charge < -0.3 is 20.5 Å². The standard InChI is InChI=1S/C9H14N2O2/c1-11-8-5-6(12-2)4-7(10)9(8)13-3/h4-5,11H,10H2,1-3H3. The van der Waals surface area contributed by atoms with Crippen LogP contribution in [-0.4, -0.2) is 21.3 Å². The average molecular weight is 182 g/mol. The number of hydrogen-bond donors (Lipinski definition) is 2. The summed E-state index contributed by atoms with van der Waals surface area (Å²) in [6.45, 7) is 0. The summed E-state index contributed by atoms with van der Waals surface area (Å²) in [6.07, 6.45) is 0. The van der Waals surface area contributed by atoms with E-state index in [-0.39, 0.29) is 0 Å². The van der Waals surface area contributed by atoms with Crippen molar-refractivity contribution >= 4 is 11.4 Å². The third-order valence-electron chi connectivity index (χ3n) is 1.80. The lowest BCUT2D eigenvalue weighted by molar-refractivity contribution is 0.406. The summed E-state index contributed by atoms with van der Waals surface area (Å²) in [5.74, 6) is 1.35. The summed E-state index contributed by atoms with van der Waals surface area (Å²) in [4.78, 5) is 0. The van der Waals surface area contributed by atoms with E-state index in [1.807, 2.05) is 6.07 Å². The Hall–Kier alpha value is -1.58. The minimum absolute atomic E-state index is 0.561. The van der Waals surface area contributed by atoms with Crippen LogP contribution in [0.1, 0.15) is 0 Å². The molecular weight excluding hydrogens is 168 g/mol. The van der Waals surface area contributed by atoms with Crippen molar-refractivity contribution in [1.82, 2.24) is 0 Å². The predicted octanol–water partition coefficient (Wildman–Crippen LogP) is 1.33. The Morgan fingerprint density at radius 2 is 1.92 bits per heavy atom. The predicted molar refractivity (Wildman–Crippen MR) is 53.5 cm³/mol. The van der Waals surface area contributed by atoms with Gasteiger partial charge in [-0.25, -0.2) is 0 Å². The number of ether oxygens (including phenoxy) is 2. The van der Waals surface area contributed by atoms with E-state index in [0.29, 0.717) is 17.2 Å². The fourth-order valence-corrected chi connectivity index (χ4v) is 1.16. The van der Waals surface area contributed by atoms with Gasteiger partial charge in [-0.2, -0.15) is 0 Å². The summed E-state index contributed by atoms with van der Waals surface area (Å²) in [6, 6.07) is 3.55. The largest absolute Gasteiger partial charge is 0.497 e. The molecule has 72 valence electrons. The lowest BCUT2D eigenvalue weighted by Crippen LogP contribution is -1.99. The maximum absolute atomic E-state index is 5.74. The Kier molecular flexibility index (Phi) is 2.84. The second-order valence-electron chi connectivity index (χ2n) is 2.55. The first-order valence-corrected chi connectivity index (χ1v) is 3.92. The molecule has 4 heteroatoms. The third-order valence-corrected chi connectivity index (χ3v) is 1.80. The van der Waals surface area contributed by atoms with Crippen molar-refractivity contribution in [3.8, 4) is 11.5 Å². The topological polar surface area (TPSA) is 56.5 Å². The first-order valence-electron chi connectivity index (χ1n) is 3.92. The number of nitrogens with one attached hydrogen (secondary N) is 1. The van der Waals surface area contributed by atoms with Gasteiger partial charge in [-0.15, -0.1) is 0 Å². The Morgan fingerprint density at radius 1 is 1.23 bits per heavy atom. The minimum atomic E-state index is 0.561. The molecule has 0 radical (unpaired) electrons. The monoisotopic (exact) mass is 182 g/mol. The highest BCUT2D eigenvalue weighted by molar-refractivity contribution is 5.72. The van der Waals surface area contributed by atoms with Crippen molar-refractivity contribution in [3.63, 3.8) is 0 Å². The summed E-state index contributed by atoms with van der Waals surface area (Å²) in [5.41, 5.74) is 7.12. The molecule has 0 saturated heterocycles. The fourth-order valence-electron chi connectivity index (χ4n) is 1.16. The van der Waals surface area contributed by atoms with Crippen LogP contribution in [-0.2, 0) is 0 Å². The van der Waals surface area contributed by atoms with Gasteiger partial charge in [0.1, 0.15) is 5.75 Å². The number of anilines is 2. The molecule has 0 bridgehead atoms. The molecule has 0 aliphatic rings. The second kappa shape index (κ2) is 3.89. The molecule has 0 atom stereocenters. The Bertz CT molecular complexity index is 300. The molecule has 0 heterocycles. The van der Waals surface area contributed by atoms with Crippen molar-refractivity contribution in [3.05, 3.63) is 12.1 Å². The van der Waals surface area contributed by atoms with E-state index in [4.69, 9.17) is 15.2 Å². The Labute approximate surface area is 77.6 Å². The molecule has 13 heavy (non-hydrogen) atoms. The molecule has 0 aliphatic carbocycles. The van der Waals surface area contributed by atoms with E-state index >= 15 is 0 Å². The molecule has 0 aromatic heterocycles. The summed E-state index contributed by atoms with van der Waals surface area (Å²) in [5, 5.41) is 2.98. The first-order chi connectivity index (χ1) is 6.22. The van der Waals surface area contributed by atoms with Gasteiger partial charge in [-0.3, -0.25) is 0 Å². The average Bonchev–Trinajstić information content (AvgIpc) is 2.16. The van der Waals surface area contributed by atoms with Gasteiger partial charge in [-0.05, 0) is 0 Å². The highest BCUT2D eigenvalue weighted by Crippen LogP contribution is 2.35. The van der Waals surface area contributed by atoms with E-state index in [0.717, 1.165) is 5.69 Å². The maximum atomic E-state index is 5.74. The van der Waals surface area contributed by atoms with Crippen LogP contribution in [0.25, 0.3) is 0 Å². The lowest BCUT2D eigenvalue weighted by Gasteiger charge is -2.12. The van der Waals surface area contributed by atoms with Crippen LogP contribution in [0, 0.1) is 0 Å². The number of rotatable bonds is 3. The quantitative estimate of drug-likeness (QED) is 0.692. The highest BCUT2D eigenvalue weighted by atomic mass is 16.5. The van der Waals surface area contributed by atoms with Gasteiger partial charge in [0.05, 0.1) is 25.6 Å². The van der Waals surface area contributed by atoms with Crippen LogP contribution in [0.2, 0.25) is 0 Å². The molecule has 1 aromatic carbocycles. The van der Waals surface area contributed by atoms with Crippen molar-refractivity contribution in [2.45, 2.75) is 0 Å². The van der Waals surface area contributed by atoms with E-state index in [9.17, 15) is 0 Å². The molecular formula is C9H14N2O2. The fraction of sp³-hybridized carbons (Fsp3) is 0.333. The zero-order valence-corrected chi connectivity index (χ0v) is 8.05. The number of nitrogen functional groups attached to an aromatic ring is 1. The molecule has 0 unspecified atom stereocenters. The molecule has 4 nitrogen and oxygen atoms in total. The second-order valence-corrected chi connectivity index (χ2v) is 2.55. The molecule has 1 aromatic rings. The van der Waals surface area contributed by atoms with Gasteiger partial charge in [0, 0.05) is 19.2 Å². The summed E-state index contributed by atoms with van der Waals surface area (Å²) >= 11 is 0. The van der Waals surface area contributed by atoms with E-state index in [1.54, 1.807) is 27.3 Å². The van der Waals surface area contributed by atoms with Gasteiger partial charge in [0.2, 0.25) is 0 Å². The minimum Gasteiger partial charge on any atom is -0.497 e. The summed E-state index contributed by atoms with van der Waals surface area (Å²) < 4.78 is 10.2. The molecule has 1 rings (SSSR count). The van der Waals surface area contributed by atoms with Crippen LogP contribution in [0.15, 0.2) is 12.1 Å². The SMILES string of the molecule is CNc1cc(OC)cc(N)c1OC. The van der Waals surface area contributed by atoms with Crippen LogP contribution in [0.4, 0.5) is 11.4 Å². The van der Waals surface area contributed by atoms with E-state index in [2.05, 4.69) is 5.32 Å². The van der Waals surface area contributed by atoms with Gasteiger partial charge in [-0.1, -0.05) is 0 Å².